The molecule has 0 aliphatic carbocycles. The molecule has 1 saturated heterocycles. The predicted molar refractivity (Wildman–Crippen MR) is 110 cm³/mol. The second-order valence-electron chi connectivity index (χ2n) is 6.48. The highest BCUT2D eigenvalue weighted by Crippen LogP contribution is 2.33. The van der Waals surface area contributed by atoms with Gasteiger partial charge in [-0.2, -0.15) is 0 Å². The molecule has 0 unspecified atom stereocenters. The third-order valence-corrected chi connectivity index (χ3v) is 5.06. The van der Waals surface area contributed by atoms with Gasteiger partial charge >= 0.3 is 13.1 Å². The van der Waals surface area contributed by atoms with Gasteiger partial charge in [0.1, 0.15) is 5.54 Å². The summed E-state index contributed by atoms with van der Waals surface area (Å²) in [6, 6.07) is 7.48. The summed E-state index contributed by atoms with van der Waals surface area (Å²) < 4.78 is 0. The highest BCUT2D eigenvalue weighted by atomic mass is 35.5. The minimum atomic E-state index is -1.35. The molecule has 1 aromatic rings. The number of hydrogen-bond acceptors (Lipinski definition) is 5. The van der Waals surface area contributed by atoms with Crippen molar-refractivity contribution in [1.82, 2.24) is 0 Å². The fourth-order valence-electron chi connectivity index (χ4n) is 3.30. The standard InChI is InChI=1S/C16H24BClN2O4.2ClH/c18-13-3-5-14(6-4-13)20-10-7-12(11-20)16(19,15(21)22)8-1-2-9-17(23)24;;/h3-6,12,23-24H,1-2,7-11,19H2,(H,21,22);2*1H/t12-,16+;;/m0../s1. The Morgan fingerprint density at radius 1 is 1.27 bits per heavy atom. The Balaban J connectivity index is 0.00000312. The zero-order valence-electron chi connectivity index (χ0n) is 14.4. The van der Waals surface area contributed by atoms with E-state index in [1.165, 1.54) is 0 Å². The van der Waals surface area contributed by atoms with Gasteiger partial charge in [-0.05, 0) is 43.4 Å². The van der Waals surface area contributed by atoms with Gasteiger partial charge in [0.2, 0.25) is 0 Å². The van der Waals surface area contributed by atoms with E-state index in [0.717, 1.165) is 12.2 Å². The number of halogens is 3. The van der Waals surface area contributed by atoms with Crippen LogP contribution in [0.2, 0.25) is 11.3 Å². The van der Waals surface area contributed by atoms with Crippen LogP contribution in [0.1, 0.15) is 25.7 Å². The molecule has 2 rings (SSSR count). The molecule has 1 fully saturated rings. The quantitative estimate of drug-likeness (QED) is 0.375. The number of anilines is 1. The summed E-state index contributed by atoms with van der Waals surface area (Å²) in [6.07, 6.45) is 2.37. The van der Waals surface area contributed by atoms with Crippen LogP contribution in [0.5, 0.6) is 0 Å². The molecule has 2 atom stereocenters. The van der Waals surface area contributed by atoms with E-state index >= 15 is 0 Å². The molecule has 148 valence electrons. The average molecular weight is 428 g/mol. The first-order chi connectivity index (χ1) is 11.3. The van der Waals surface area contributed by atoms with Gasteiger partial charge in [0, 0.05) is 29.7 Å². The second kappa shape index (κ2) is 11.2. The monoisotopic (exact) mass is 426 g/mol. The number of carboxylic acids is 1. The molecule has 0 amide bonds. The van der Waals surface area contributed by atoms with Crippen LogP contribution in [0, 0.1) is 5.92 Å². The molecule has 0 bridgehead atoms. The van der Waals surface area contributed by atoms with Crippen LogP contribution in [0.4, 0.5) is 5.69 Å². The Labute approximate surface area is 171 Å². The van der Waals surface area contributed by atoms with Gasteiger partial charge in [0.05, 0.1) is 0 Å². The van der Waals surface area contributed by atoms with Crippen molar-refractivity contribution in [2.75, 3.05) is 18.0 Å². The zero-order chi connectivity index (χ0) is 17.7. The van der Waals surface area contributed by atoms with E-state index in [-0.39, 0.29) is 37.1 Å². The number of nitrogens with zero attached hydrogens (tertiary/aromatic N) is 1. The predicted octanol–water partition coefficient (Wildman–Crippen LogP) is 2.44. The number of carboxylic acid groups (broad SMARTS) is 1. The van der Waals surface area contributed by atoms with Gasteiger partial charge < -0.3 is 25.8 Å². The van der Waals surface area contributed by atoms with E-state index < -0.39 is 18.6 Å². The Bertz CT molecular complexity index is 565. The van der Waals surface area contributed by atoms with Crippen LogP contribution in [-0.4, -0.2) is 46.9 Å². The average Bonchev–Trinajstić information content (AvgIpc) is 3.02. The first kappa shape index (κ1) is 25.3. The van der Waals surface area contributed by atoms with Gasteiger partial charge in [-0.25, -0.2) is 0 Å². The highest BCUT2D eigenvalue weighted by Gasteiger charge is 2.44. The van der Waals surface area contributed by atoms with E-state index in [1.807, 2.05) is 24.3 Å². The Morgan fingerprint density at radius 2 is 1.88 bits per heavy atom. The van der Waals surface area contributed by atoms with Gasteiger partial charge in [-0.15, -0.1) is 24.8 Å². The number of carbonyl (C=O) groups is 1. The van der Waals surface area contributed by atoms with Gasteiger partial charge in [-0.3, -0.25) is 4.79 Å². The summed E-state index contributed by atoms with van der Waals surface area (Å²) in [7, 11) is -1.35. The third-order valence-electron chi connectivity index (χ3n) is 4.81. The lowest BCUT2D eigenvalue weighted by atomic mass is 9.77. The second-order valence-corrected chi connectivity index (χ2v) is 6.92. The van der Waals surface area contributed by atoms with Crippen molar-refractivity contribution in [3.63, 3.8) is 0 Å². The van der Waals surface area contributed by atoms with Crippen LogP contribution in [0.25, 0.3) is 0 Å². The van der Waals surface area contributed by atoms with Gasteiger partial charge in [0.25, 0.3) is 0 Å². The summed E-state index contributed by atoms with van der Waals surface area (Å²) in [6.45, 7) is 1.35. The maximum absolute atomic E-state index is 11.8. The summed E-state index contributed by atoms with van der Waals surface area (Å²) in [5.41, 5.74) is 5.98. The van der Waals surface area contributed by atoms with Crippen molar-refractivity contribution in [1.29, 1.82) is 0 Å². The first-order valence-corrected chi connectivity index (χ1v) is 8.59. The molecule has 0 spiro atoms. The number of benzene rings is 1. The summed E-state index contributed by atoms with van der Waals surface area (Å²) in [5, 5.41) is 28.1. The van der Waals surface area contributed by atoms with Crippen LogP contribution >= 0.6 is 36.4 Å². The molecule has 1 aromatic carbocycles. The molecular formula is C16H26BCl3N2O4. The van der Waals surface area contributed by atoms with E-state index in [9.17, 15) is 9.90 Å². The van der Waals surface area contributed by atoms with Crippen LogP contribution in [-0.2, 0) is 4.79 Å². The highest BCUT2D eigenvalue weighted by molar-refractivity contribution is 6.40. The Hall–Kier alpha value is -0.695. The lowest BCUT2D eigenvalue weighted by Crippen LogP contribution is -2.55. The van der Waals surface area contributed by atoms with Crippen LogP contribution in [0.15, 0.2) is 24.3 Å². The van der Waals surface area contributed by atoms with Crippen LogP contribution in [0.3, 0.4) is 0 Å². The maximum atomic E-state index is 11.8. The smallest absolute Gasteiger partial charge is 0.451 e. The SMILES string of the molecule is Cl.Cl.N[C@@](CCCCB(O)O)(C(=O)O)[C@H]1CCN(c2ccc(Cl)cc2)C1. The topological polar surface area (TPSA) is 107 Å². The van der Waals surface area contributed by atoms with Crippen molar-refractivity contribution in [3.8, 4) is 0 Å². The number of rotatable bonds is 8. The Kier molecular flexibility index (Phi) is 10.9. The van der Waals surface area contributed by atoms with Crippen molar-refractivity contribution >= 4 is 55.2 Å². The molecule has 0 radical (unpaired) electrons. The fraction of sp³-hybridized carbons (Fsp3) is 0.562. The minimum absolute atomic E-state index is 0. The molecule has 1 aliphatic rings. The molecule has 0 aromatic heterocycles. The van der Waals surface area contributed by atoms with Crippen molar-refractivity contribution in [2.45, 2.75) is 37.5 Å². The molecular weight excluding hydrogens is 401 g/mol. The minimum Gasteiger partial charge on any atom is -0.480 e. The largest absolute Gasteiger partial charge is 0.480 e. The summed E-state index contributed by atoms with van der Waals surface area (Å²) in [5.74, 6) is -1.14. The van der Waals surface area contributed by atoms with Crippen molar-refractivity contribution in [2.24, 2.45) is 11.7 Å². The number of nitrogens with two attached hydrogens (primary N) is 1. The van der Waals surface area contributed by atoms with Gasteiger partial charge in [0.15, 0.2) is 0 Å². The summed E-state index contributed by atoms with van der Waals surface area (Å²) in [4.78, 5) is 13.9. The fourth-order valence-corrected chi connectivity index (χ4v) is 3.42. The molecule has 1 aliphatic heterocycles. The Morgan fingerprint density at radius 3 is 2.42 bits per heavy atom. The molecule has 10 heteroatoms. The van der Waals surface area contributed by atoms with E-state index in [0.29, 0.717) is 37.3 Å². The van der Waals surface area contributed by atoms with Crippen LogP contribution < -0.4 is 10.6 Å². The van der Waals surface area contributed by atoms with Gasteiger partial charge in [-0.1, -0.05) is 24.4 Å². The maximum Gasteiger partial charge on any atom is 0.451 e. The lowest BCUT2D eigenvalue weighted by Gasteiger charge is -2.31. The van der Waals surface area contributed by atoms with Crippen molar-refractivity contribution < 1.29 is 19.9 Å². The first-order valence-electron chi connectivity index (χ1n) is 8.22. The number of aliphatic carboxylic acids is 1. The molecule has 1 heterocycles. The molecule has 26 heavy (non-hydrogen) atoms. The molecule has 0 saturated carbocycles. The van der Waals surface area contributed by atoms with E-state index in [2.05, 4.69) is 4.90 Å². The number of unbranched alkanes of at least 4 members (excludes halogenated alkanes) is 1. The normalized spacial score (nSPS) is 18.5. The lowest BCUT2D eigenvalue weighted by molar-refractivity contribution is -0.145. The van der Waals surface area contributed by atoms with Crippen molar-refractivity contribution in [3.05, 3.63) is 29.3 Å². The summed E-state index contributed by atoms with van der Waals surface area (Å²) >= 11 is 5.90. The molecule has 6 nitrogen and oxygen atoms in total. The van der Waals surface area contributed by atoms with E-state index in [4.69, 9.17) is 27.4 Å². The van der Waals surface area contributed by atoms with E-state index in [1.54, 1.807) is 0 Å². The number of hydrogen-bond donors (Lipinski definition) is 4. The third kappa shape index (κ3) is 6.48. The molecule has 5 N–H and O–H groups in total. The zero-order valence-corrected chi connectivity index (χ0v) is 16.8.